The van der Waals surface area contributed by atoms with E-state index < -0.39 is 10.0 Å². The Hall–Kier alpha value is -0.890. The number of nitrogens with one attached hydrogen (secondary N) is 1. The van der Waals surface area contributed by atoms with Crippen molar-refractivity contribution >= 4 is 47.6 Å². The second-order valence-corrected chi connectivity index (χ2v) is 7.95. The minimum absolute atomic E-state index is 0.194. The first kappa shape index (κ1) is 16.5. The molecule has 0 aromatic heterocycles. The highest BCUT2D eigenvalue weighted by molar-refractivity contribution is 9.11. The van der Waals surface area contributed by atoms with Crippen LogP contribution in [0.25, 0.3) is 0 Å². The first-order valence-corrected chi connectivity index (χ1v) is 9.18. The van der Waals surface area contributed by atoms with Crippen LogP contribution in [-0.2, 0) is 16.6 Å². The second-order valence-electron chi connectivity index (χ2n) is 4.56. The summed E-state index contributed by atoms with van der Waals surface area (Å²) in [5.41, 5.74) is 7.88. The van der Waals surface area contributed by atoms with E-state index in [1.807, 2.05) is 19.1 Å². The fourth-order valence-corrected chi connectivity index (χ4v) is 4.77. The highest BCUT2D eigenvalue weighted by Crippen LogP contribution is 2.33. The highest BCUT2D eigenvalue weighted by Gasteiger charge is 2.17. The molecule has 0 unspecified atom stereocenters. The van der Waals surface area contributed by atoms with Crippen molar-refractivity contribution in [3.05, 3.63) is 56.5 Å². The number of benzene rings is 2. The third-order valence-electron chi connectivity index (χ3n) is 2.89. The van der Waals surface area contributed by atoms with Gasteiger partial charge in [-0.05, 0) is 74.2 Å². The standard InChI is InChI=1S/C14H14Br2N2O2S/c1-9-6-12(15)14(13(16)7-9)18-21(19,20)11-4-2-10(8-17)3-5-11/h2-7,18H,8,17H2,1H3. The average Bonchev–Trinajstić information content (AvgIpc) is 2.43. The van der Waals surface area contributed by atoms with Gasteiger partial charge in [-0.3, -0.25) is 4.72 Å². The molecule has 2 rings (SSSR count). The van der Waals surface area contributed by atoms with Crippen molar-refractivity contribution in [1.29, 1.82) is 0 Å². The van der Waals surface area contributed by atoms with E-state index in [0.29, 0.717) is 21.2 Å². The van der Waals surface area contributed by atoms with E-state index in [1.165, 1.54) is 0 Å². The molecule has 0 fully saturated rings. The van der Waals surface area contributed by atoms with Crippen LogP contribution in [0.3, 0.4) is 0 Å². The number of anilines is 1. The van der Waals surface area contributed by atoms with Crippen molar-refractivity contribution < 1.29 is 8.42 Å². The maximum Gasteiger partial charge on any atom is 0.261 e. The van der Waals surface area contributed by atoms with Gasteiger partial charge < -0.3 is 5.73 Å². The Labute approximate surface area is 141 Å². The quantitative estimate of drug-likeness (QED) is 0.770. The lowest BCUT2D eigenvalue weighted by molar-refractivity contribution is 0.601. The molecule has 0 aliphatic heterocycles. The van der Waals surface area contributed by atoms with Gasteiger partial charge in [0.1, 0.15) is 0 Å². The van der Waals surface area contributed by atoms with Crippen molar-refractivity contribution in [2.45, 2.75) is 18.4 Å². The van der Waals surface area contributed by atoms with Crippen molar-refractivity contribution in [3.8, 4) is 0 Å². The van der Waals surface area contributed by atoms with E-state index >= 15 is 0 Å². The molecule has 0 atom stereocenters. The number of halogens is 2. The van der Waals surface area contributed by atoms with Gasteiger partial charge in [0.25, 0.3) is 10.0 Å². The molecular weight excluding hydrogens is 420 g/mol. The van der Waals surface area contributed by atoms with Gasteiger partial charge in [0.2, 0.25) is 0 Å². The lowest BCUT2D eigenvalue weighted by atomic mass is 10.2. The van der Waals surface area contributed by atoms with Crippen molar-refractivity contribution in [1.82, 2.24) is 0 Å². The molecule has 2 aromatic rings. The minimum atomic E-state index is -3.65. The molecule has 0 amide bonds. The monoisotopic (exact) mass is 432 g/mol. The second kappa shape index (κ2) is 6.48. The summed E-state index contributed by atoms with van der Waals surface area (Å²) in [4.78, 5) is 0.194. The van der Waals surface area contributed by atoms with Crippen LogP contribution in [0.2, 0.25) is 0 Å². The fraction of sp³-hybridized carbons (Fsp3) is 0.143. The zero-order valence-corrected chi connectivity index (χ0v) is 15.2. The summed E-state index contributed by atoms with van der Waals surface area (Å²) in [7, 11) is -3.65. The van der Waals surface area contributed by atoms with Crippen LogP contribution in [0.4, 0.5) is 5.69 Å². The highest BCUT2D eigenvalue weighted by atomic mass is 79.9. The van der Waals surface area contributed by atoms with E-state index in [4.69, 9.17) is 5.73 Å². The normalized spacial score (nSPS) is 11.4. The number of rotatable bonds is 4. The largest absolute Gasteiger partial charge is 0.326 e. The number of hydrogen-bond donors (Lipinski definition) is 2. The van der Waals surface area contributed by atoms with Gasteiger partial charge in [-0.25, -0.2) is 8.42 Å². The van der Waals surface area contributed by atoms with Crippen LogP contribution in [-0.4, -0.2) is 8.42 Å². The summed E-state index contributed by atoms with van der Waals surface area (Å²) >= 11 is 6.74. The van der Waals surface area contributed by atoms with E-state index in [0.717, 1.165) is 11.1 Å². The smallest absolute Gasteiger partial charge is 0.261 e. The summed E-state index contributed by atoms with van der Waals surface area (Å²) in [5, 5.41) is 0. The predicted molar refractivity (Wildman–Crippen MR) is 91.7 cm³/mol. The molecule has 4 nitrogen and oxygen atoms in total. The minimum Gasteiger partial charge on any atom is -0.326 e. The van der Waals surface area contributed by atoms with Gasteiger partial charge in [0, 0.05) is 15.5 Å². The summed E-state index contributed by atoms with van der Waals surface area (Å²) in [6.07, 6.45) is 0. The van der Waals surface area contributed by atoms with Crippen molar-refractivity contribution in [3.63, 3.8) is 0 Å². The molecule has 0 aliphatic rings. The first-order valence-electron chi connectivity index (χ1n) is 6.11. The Morgan fingerprint density at radius 3 is 2.10 bits per heavy atom. The molecule has 7 heteroatoms. The summed E-state index contributed by atoms with van der Waals surface area (Å²) in [5.74, 6) is 0. The van der Waals surface area contributed by atoms with Crippen LogP contribution in [0, 0.1) is 6.92 Å². The fourth-order valence-electron chi connectivity index (χ4n) is 1.80. The summed E-state index contributed by atoms with van der Waals surface area (Å²) < 4.78 is 28.8. The zero-order chi connectivity index (χ0) is 15.6. The third kappa shape index (κ3) is 3.85. The lowest BCUT2D eigenvalue weighted by Crippen LogP contribution is -2.14. The van der Waals surface area contributed by atoms with Crippen LogP contribution in [0.1, 0.15) is 11.1 Å². The number of sulfonamides is 1. The van der Waals surface area contributed by atoms with Crippen LogP contribution in [0.15, 0.2) is 50.2 Å². The maximum absolute atomic E-state index is 12.4. The van der Waals surface area contributed by atoms with Crippen LogP contribution >= 0.6 is 31.9 Å². The third-order valence-corrected chi connectivity index (χ3v) is 5.51. The molecule has 0 heterocycles. The average molecular weight is 434 g/mol. The number of aryl methyl sites for hydroxylation is 1. The maximum atomic E-state index is 12.4. The molecule has 21 heavy (non-hydrogen) atoms. The molecule has 2 aromatic carbocycles. The molecule has 112 valence electrons. The molecule has 0 saturated heterocycles. The first-order chi connectivity index (χ1) is 9.83. The Balaban J connectivity index is 2.37. The molecule has 0 saturated carbocycles. The van der Waals surface area contributed by atoms with Gasteiger partial charge >= 0.3 is 0 Å². The molecule has 3 N–H and O–H groups in total. The molecule has 0 radical (unpaired) electrons. The van der Waals surface area contributed by atoms with Gasteiger partial charge in [-0.1, -0.05) is 12.1 Å². The molecular formula is C14H14Br2N2O2S. The van der Waals surface area contributed by atoms with Crippen molar-refractivity contribution in [2.24, 2.45) is 5.73 Å². The topological polar surface area (TPSA) is 72.2 Å². The Kier molecular flexibility index (Phi) is 5.08. The van der Waals surface area contributed by atoms with Gasteiger partial charge in [-0.2, -0.15) is 0 Å². The zero-order valence-electron chi connectivity index (χ0n) is 11.2. The van der Waals surface area contributed by atoms with Crippen molar-refractivity contribution in [2.75, 3.05) is 4.72 Å². The van der Waals surface area contributed by atoms with Gasteiger partial charge in [-0.15, -0.1) is 0 Å². The number of nitrogens with two attached hydrogens (primary N) is 1. The van der Waals surface area contributed by atoms with E-state index in [-0.39, 0.29) is 4.90 Å². The Bertz CT molecular complexity index is 736. The van der Waals surface area contributed by atoms with E-state index in [9.17, 15) is 8.42 Å². The van der Waals surface area contributed by atoms with E-state index in [1.54, 1.807) is 24.3 Å². The molecule has 0 bridgehead atoms. The van der Waals surface area contributed by atoms with Crippen LogP contribution < -0.4 is 10.5 Å². The summed E-state index contributed by atoms with van der Waals surface area (Å²) in [6.45, 7) is 2.31. The Morgan fingerprint density at radius 1 is 1.10 bits per heavy atom. The Morgan fingerprint density at radius 2 is 1.62 bits per heavy atom. The number of hydrogen-bond acceptors (Lipinski definition) is 3. The van der Waals surface area contributed by atoms with Crippen LogP contribution in [0.5, 0.6) is 0 Å². The predicted octanol–water partition coefficient (Wildman–Crippen LogP) is 3.78. The van der Waals surface area contributed by atoms with E-state index in [2.05, 4.69) is 36.6 Å². The molecule has 0 spiro atoms. The SMILES string of the molecule is Cc1cc(Br)c(NS(=O)(=O)c2ccc(CN)cc2)c(Br)c1. The van der Waals surface area contributed by atoms with Gasteiger partial charge in [0.05, 0.1) is 10.6 Å². The summed E-state index contributed by atoms with van der Waals surface area (Å²) in [6, 6.07) is 10.2. The lowest BCUT2D eigenvalue weighted by Gasteiger charge is -2.12. The van der Waals surface area contributed by atoms with Gasteiger partial charge in [0.15, 0.2) is 0 Å². The molecule has 0 aliphatic carbocycles.